The summed E-state index contributed by atoms with van der Waals surface area (Å²) in [6.45, 7) is 1.77. The van der Waals surface area contributed by atoms with Gasteiger partial charge < -0.3 is 5.11 Å². The summed E-state index contributed by atoms with van der Waals surface area (Å²) >= 11 is 0. The van der Waals surface area contributed by atoms with Gasteiger partial charge in [0.1, 0.15) is 0 Å². The van der Waals surface area contributed by atoms with Crippen molar-refractivity contribution >= 4 is 5.97 Å². The van der Waals surface area contributed by atoms with Crippen molar-refractivity contribution in [1.29, 1.82) is 0 Å². The zero-order valence-electron chi connectivity index (χ0n) is 9.29. The molecule has 94 valence electrons. The number of aliphatic carboxylic acids is 1. The highest BCUT2D eigenvalue weighted by atomic mass is 19.4. The number of hydrogen-bond donors (Lipinski definition) is 1. The largest absolute Gasteiger partial charge is 0.481 e. The van der Waals surface area contributed by atoms with Crippen LogP contribution in [0.15, 0.2) is 24.3 Å². The van der Waals surface area contributed by atoms with Crippen molar-refractivity contribution in [3.63, 3.8) is 0 Å². The van der Waals surface area contributed by atoms with Gasteiger partial charge in [0.05, 0.1) is 5.92 Å². The molecule has 2 nitrogen and oxygen atoms in total. The normalized spacial score (nSPS) is 13.4. The average molecular weight is 246 g/mol. The molecular formula is C12H13F3O2. The van der Waals surface area contributed by atoms with Gasteiger partial charge in [0.25, 0.3) is 0 Å². The minimum Gasteiger partial charge on any atom is -0.481 e. The Bertz CT molecular complexity index is 399. The Balaban J connectivity index is 2.83. The highest BCUT2D eigenvalue weighted by molar-refractivity contribution is 5.76. The second-order valence-electron chi connectivity index (χ2n) is 3.96. The van der Waals surface area contributed by atoms with Gasteiger partial charge in [-0.25, -0.2) is 0 Å². The molecule has 0 radical (unpaired) electrons. The summed E-state index contributed by atoms with van der Waals surface area (Å²) in [6.07, 6.45) is -5.84. The Kier molecular flexibility index (Phi) is 4.15. The summed E-state index contributed by atoms with van der Waals surface area (Å²) in [7, 11) is 0. The number of carboxylic acid groups (broad SMARTS) is 1. The van der Waals surface area contributed by atoms with E-state index in [-0.39, 0.29) is 0 Å². The molecule has 0 spiro atoms. The molecule has 17 heavy (non-hydrogen) atoms. The molecule has 0 heterocycles. The molecule has 0 saturated carbocycles. The summed E-state index contributed by atoms with van der Waals surface area (Å²) in [5.74, 6) is -2.32. The Morgan fingerprint density at radius 2 is 2.06 bits per heavy atom. The van der Waals surface area contributed by atoms with Crippen LogP contribution >= 0.6 is 0 Å². The Hall–Kier alpha value is -1.52. The SMILES string of the molecule is Cc1cccc(C(CCC(F)(F)F)C(=O)O)c1. The van der Waals surface area contributed by atoms with Crippen LogP contribution in [0.1, 0.15) is 29.9 Å². The molecule has 1 aromatic carbocycles. The Labute approximate surface area is 97.1 Å². The minimum absolute atomic E-state index is 0.418. The lowest BCUT2D eigenvalue weighted by Gasteiger charge is -2.14. The molecule has 0 bridgehead atoms. The first-order valence-corrected chi connectivity index (χ1v) is 5.16. The van der Waals surface area contributed by atoms with Crippen molar-refractivity contribution < 1.29 is 23.1 Å². The molecule has 0 aliphatic carbocycles. The first kappa shape index (κ1) is 13.5. The third-order valence-electron chi connectivity index (χ3n) is 2.46. The number of carboxylic acids is 1. The third-order valence-corrected chi connectivity index (χ3v) is 2.46. The number of hydrogen-bond acceptors (Lipinski definition) is 1. The molecule has 0 aliphatic heterocycles. The van der Waals surface area contributed by atoms with Crippen molar-refractivity contribution in [2.24, 2.45) is 0 Å². The molecule has 0 amide bonds. The van der Waals surface area contributed by atoms with Crippen molar-refractivity contribution in [1.82, 2.24) is 0 Å². The molecular weight excluding hydrogens is 233 g/mol. The molecule has 1 unspecified atom stereocenters. The van der Waals surface area contributed by atoms with E-state index < -0.39 is 30.9 Å². The van der Waals surface area contributed by atoms with Crippen LogP contribution in [0, 0.1) is 6.92 Å². The Morgan fingerprint density at radius 3 is 2.53 bits per heavy atom. The van der Waals surface area contributed by atoms with E-state index in [1.54, 1.807) is 31.2 Å². The van der Waals surface area contributed by atoms with Crippen LogP contribution in [0.4, 0.5) is 13.2 Å². The van der Waals surface area contributed by atoms with E-state index in [1.807, 2.05) is 0 Å². The fourth-order valence-corrected chi connectivity index (χ4v) is 1.63. The van der Waals surface area contributed by atoms with E-state index in [4.69, 9.17) is 5.11 Å². The van der Waals surface area contributed by atoms with Crippen LogP contribution in [0.5, 0.6) is 0 Å². The maximum Gasteiger partial charge on any atom is 0.389 e. The molecule has 5 heteroatoms. The van der Waals surface area contributed by atoms with Crippen LogP contribution < -0.4 is 0 Å². The molecule has 1 N–H and O–H groups in total. The standard InChI is InChI=1S/C12H13F3O2/c1-8-3-2-4-9(7-8)10(11(16)17)5-6-12(13,14)15/h2-4,7,10H,5-6H2,1H3,(H,16,17). The van der Waals surface area contributed by atoms with E-state index in [0.29, 0.717) is 5.56 Å². The summed E-state index contributed by atoms with van der Waals surface area (Å²) < 4.78 is 36.2. The predicted molar refractivity (Wildman–Crippen MR) is 56.8 cm³/mol. The zero-order valence-corrected chi connectivity index (χ0v) is 9.29. The van der Waals surface area contributed by atoms with Gasteiger partial charge in [-0.3, -0.25) is 4.79 Å². The van der Waals surface area contributed by atoms with Crippen LogP contribution in [0.25, 0.3) is 0 Å². The predicted octanol–water partition coefficient (Wildman–Crippen LogP) is 3.51. The second kappa shape index (κ2) is 5.21. The number of carbonyl (C=O) groups is 1. The lowest BCUT2D eigenvalue weighted by molar-refractivity contribution is -0.145. The van der Waals surface area contributed by atoms with E-state index in [2.05, 4.69) is 0 Å². The molecule has 1 aromatic rings. The molecule has 0 aliphatic rings. The van der Waals surface area contributed by atoms with E-state index in [0.717, 1.165) is 5.56 Å². The van der Waals surface area contributed by atoms with Gasteiger partial charge in [0, 0.05) is 6.42 Å². The van der Waals surface area contributed by atoms with E-state index in [1.165, 1.54) is 0 Å². The van der Waals surface area contributed by atoms with Gasteiger partial charge in [0.2, 0.25) is 0 Å². The topological polar surface area (TPSA) is 37.3 Å². The number of halogens is 3. The third kappa shape index (κ3) is 4.46. The number of aryl methyl sites for hydroxylation is 1. The number of rotatable bonds is 4. The van der Waals surface area contributed by atoms with Gasteiger partial charge >= 0.3 is 12.1 Å². The van der Waals surface area contributed by atoms with Gasteiger partial charge in [-0.15, -0.1) is 0 Å². The zero-order chi connectivity index (χ0) is 13.1. The average Bonchev–Trinajstić information content (AvgIpc) is 2.15. The minimum atomic E-state index is -4.32. The first-order valence-electron chi connectivity index (χ1n) is 5.16. The maximum atomic E-state index is 12.1. The maximum absolute atomic E-state index is 12.1. The summed E-state index contributed by atoms with van der Waals surface area (Å²) in [6, 6.07) is 6.57. The van der Waals surface area contributed by atoms with Crippen LogP contribution in [-0.2, 0) is 4.79 Å². The molecule has 1 rings (SSSR count). The van der Waals surface area contributed by atoms with Crippen molar-refractivity contribution in [3.05, 3.63) is 35.4 Å². The quantitative estimate of drug-likeness (QED) is 0.882. The summed E-state index contributed by atoms with van der Waals surface area (Å²) in [5, 5.41) is 8.95. The number of alkyl halides is 3. The Morgan fingerprint density at radius 1 is 1.41 bits per heavy atom. The van der Waals surface area contributed by atoms with Gasteiger partial charge in [-0.2, -0.15) is 13.2 Å². The first-order chi connectivity index (χ1) is 7.79. The summed E-state index contributed by atoms with van der Waals surface area (Å²) in [4.78, 5) is 11.0. The van der Waals surface area contributed by atoms with Gasteiger partial charge in [-0.1, -0.05) is 29.8 Å². The van der Waals surface area contributed by atoms with Gasteiger partial charge in [0.15, 0.2) is 0 Å². The second-order valence-corrected chi connectivity index (χ2v) is 3.96. The smallest absolute Gasteiger partial charge is 0.389 e. The molecule has 0 saturated heterocycles. The van der Waals surface area contributed by atoms with Crippen LogP contribution in [-0.4, -0.2) is 17.3 Å². The number of benzene rings is 1. The fourth-order valence-electron chi connectivity index (χ4n) is 1.63. The van der Waals surface area contributed by atoms with E-state index in [9.17, 15) is 18.0 Å². The highest BCUT2D eigenvalue weighted by Crippen LogP contribution is 2.29. The van der Waals surface area contributed by atoms with Crippen LogP contribution in [0.2, 0.25) is 0 Å². The molecule has 0 aromatic heterocycles. The van der Waals surface area contributed by atoms with Crippen molar-refractivity contribution in [3.8, 4) is 0 Å². The lowest BCUT2D eigenvalue weighted by atomic mass is 9.93. The van der Waals surface area contributed by atoms with Crippen LogP contribution in [0.3, 0.4) is 0 Å². The monoisotopic (exact) mass is 246 g/mol. The fraction of sp³-hybridized carbons (Fsp3) is 0.417. The molecule has 0 fully saturated rings. The van der Waals surface area contributed by atoms with Crippen molar-refractivity contribution in [2.75, 3.05) is 0 Å². The molecule has 1 atom stereocenters. The highest BCUT2D eigenvalue weighted by Gasteiger charge is 2.31. The van der Waals surface area contributed by atoms with E-state index >= 15 is 0 Å². The lowest BCUT2D eigenvalue weighted by Crippen LogP contribution is -2.16. The summed E-state index contributed by atoms with van der Waals surface area (Å²) in [5.41, 5.74) is 1.25. The van der Waals surface area contributed by atoms with Gasteiger partial charge in [-0.05, 0) is 18.9 Å². The van der Waals surface area contributed by atoms with Crippen molar-refractivity contribution in [2.45, 2.75) is 31.9 Å².